The van der Waals surface area contributed by atoms with E-state index < -0.39 is 0 Å². The van der Waals surface area contributed by atoms with Crippen molar-refractivity contribution in [3.05, 3.63) is 35.9 Å². The lowest BCUT2D eigenvalue weighted by atomic mass is 9.82. The molecule has 3 rings (SSSR count). The zero-order valence-electron chi connectivity index (χ0n) is 12.8. The van der Waals surface area contributed by atoms with Crippen LogP contribution in [0.25, 0.3) is 0 Å². The highest BCUT2D eigenvalue weighted by atomic mass is 35.5. The molecule has 0 aromatic heterocycles. The second-order valence-electron chi connectivity index (χ2n) is 6.03. The van der Waals surface area contributed by atoms with Crippen molar-refractivity contribution in [3.63, 3.8) is 0 Å². The maximum absolute atomic E-state index is 12.1. The number of morpholine rings is 1. The molecule has 22 heavy (non-hydrogen) atoms. The molecule has 1 aromatic rings. The average molecular weight is 325 g/mol. The molecule has 2 fully saturated rings. The van der Waals surface area contributed by atoms with Crippen molar-refractivity contribution < 1.29 is 9.53 Å². The van der Waals surface area contributed by atoms with Gasteiger partial charge in [0, 0.05) is 19.1 Å². The predicted octanol–water partition coefficient (Wildman–Crippen LogP) is 2.24. The van der Waals surface area contributed by atoms with Gasteiger partial charge in [0.05, 0.1) is 6.61 Å². The number of carbonyl (C=O) groups excluding carboxylic acids is 1. The van der Waals surface area contributed by atoms with E-state index in [1.54, 1.807) is 0 Å². The van der Waals surface area contributed by atoms with Gasteiger partial charge < -0.3 is 15.4 Å². The molecule has 5 heteroatoms. The molecule has 2 aliphatic rings. The third kappa shape index (κ3) is 4.45. The van der Waals surface area contributed by atoms with Gasteiger partial charge in [-0.25, -0.2) is 0 Å². The number of hydrogen-bond acceptors (Lipinski definition) is 3. The first kappa shape index (κ1) is 17.3. The molecule has 1 aliphatic heterocycles. The molecule has 122 valence electrons. The van der Waals surface area contributed by atoms with E-state index in [1.807, 2.05) is 0 Å². The number of nitrogens with one attached hydrogen (secondary N) is 2. The molecule has 0 spiro atoms. The monoisotopic (exact) mass is 324 g/mol. The van der Waals surface area contributed by atoms with Crippen LogP contribution in [0.4, 0.5) is 0 Å². The van der Waals surface area contributed by atoms with Gasteiger partial charge in [0.1, 0.15) is 6.10 Å². The lowest BCUT2D eigenvalue weighted by Crippen LogP contribution is -2.50. The standard InChI is InChI=1S/C17H24N2O2.ClH/c20-17(16-12-18-10-11-21-16)19-15-8-6-14(7-9-15)13-4-2-1-3-5-13;/h1-5,14-16,18H,6-12H2,(H,19,20);1H. The maximum atomic E-state index is 12.1. The smallest absolute Gasteiger partial charge is 0.250 e. The molecule has 1 saturated heterocycles. The molecule has 1 unspecified atom stereocenters. The normalized spacial score (nSPS) is 28.5. The molecular formula is C17H25ClN2O2. The highest BCUT2D eigenvalue weighted by molar-refractivity contribution is 5.85. The Labute approximate surface area is 138 Å². The minimum absolute atomic E-state index is 0. The predicted molar refractivity (Wildman–Crippen MR) is 89.4 cm³/mol. The fourth-order valence-corrected chi connectivity index (χ4v) is 3.32. The van der Waals surface area contributed by atoms with Crippen LogP contribution in [0, 0.1) is 0 Å². The molecule has 2 N–H and O–H groups in total. The Morgan fingerprint density at radius 3 is 2.50 bits per heavy atom. The van der Waals surface area contributed by atoms with Crippen LogP contribution >= 0.6 is 12.4 Å². The van der Waals surface area contributed by atoms with Gasteiger partial charge in [-0.05, 0) is 37.2 Å². The Balaban J connectivity index is 0.00000176. The maximum Gasteiger partial charge on any atom is 0.250 e. The van der Waals surface area contributed by atoms with Crippen LogP contribution in [0.2, 0.25) is 0 Å². The second kappa shape index (κ2) is 8.51. The Kier molecular flexibility index (Phi) is 6.68. The fourth-order valence-electron chi connectivity index (χ4n) is 3.32. The van der Waals surface area contributed by atoms with E-state index in [1.165, 1.54) is 5.56 Å². The van der Waals surface area contributed by atoms with Crippen LogP contribution in [0.5, 0.6) is 0 Å². The van der Waals surface area contributed by atoms with Crippen molar-refractivity contribution in [1.29, 1.82) is 0 Å². The molecule has 1 saturated carbocycles. The van der Waals surface area contributed by atoms with Crippen LogP contribution in [-0.4, -0.2) is 37.7 Å². The first-order chi connectivity index (χ1) is 10.3. The van der Waals surface area contributed by atoms with Crippen LogP contribution in [0.3, 0.4) is 0 Å². The van der Waals surface area contributed by atoms with Crippen molar-refractivity contribution in [2.75, 3.05) is 19.7 Å². The number of halogens is 1. The summed E-state index contributed by atoms with van der Waals surface area (Å²) in [5.41, 5.74) is 1.43. The number of benzene rings is 1. The zero-order valence-corrected chi connectivity index (χ0v) is 13.6. The zero-order chi connectivity index (χ0) is 14.5. The number of hydrogen-bond donors (Lipinski definition) is 2. The van der Waals surface area contributed by atoms with Gasteiger partial charge in [-0.2, -0.15) is 0 Å². The molecule has 1 amide bonds. The fraction of sp³-hybridized carbons (Fsp3) is 0.588. The van der Waals surface area contributed by atoms with E-state index in [2.05, 4.69) is 41.0 Å². The van der Waals surface area contributed by atoms with E-state index >= 15 is 0 Å². The van der Waals surface area contributed by atoms with Gasteiger partial charge in [-0.3, -0.25) is 4.79 Å². The van der Waals surface area contributed by atoms with Crippen LogP contribution in [0.1, 0.15) is 37.2 Å². The first-order valence-corrected chi connectivity index (χ1v) is 8.00. The summed E-state index contributed by atoms with van der Waals surface area (Å²) in [6.45, 7) is 2.09. The second-order valence-corrected chi connectivity index (χ2v) is 6.03. The largest absolute Gasteiger partial charge is 0.366 e. The average Bonchev–Trinajstić information content (AvgIpc) is 2.57. The van der Waals surface area contributed by atoms with Crippen molar-refractivity contribution in [3.8, 4) is 0 Å². The summed E-state index contributed by atoms with van der Waals surface area (Å²) >= 11 is 0. The minimum atomic E-state index is -0.314. The molecule has 4 nitrogen and oxygen atoms in total. The first-order valence-electron chi connectivity index (χ1n) is 8.00. The summed E-state index contributed by atoms with van der Waals surface area (Å²) in [6.07, 6.45) is 4.11. The van der Waals surface area contributed by atoms with Crippen LogP contribution in [0.15, 0.2) is 30.3 Å². The van der Waals surface area contributed by atoms with Crippen LogP contribution < -0.4 is 10.6 Å². The third-order valence-corrected chi connectivity index (χ3v) is 4.56. The van der Waals surface area contributed by atoms with Gasteiger partial charge in [0.15, 0.2) is 0 Å². The summed E-state index contributed by atoms with van der Waals surface area (Å²) < 4.78 is 5.50. The Hall–Kier alpha value is -1.10. The quantitative estimate of drug-likeness (QED) is 0.896. The van der Waals surface area contributed by atoms with E-state index in [-0.39, 0.29) is 24.4 Å². The van der Waals surface area contributed by atoms with E-state index in [9.17, 15) is 4.79 Å². The number of rotatable bonds is 3. The van der Waals surface area contributed by atoms with E-state index in [0.29, 0.717) is 25.1 Å². The number of amides is 1. The molecule has 1 heterocycles. The summed E-state index contributed by atoms with van der Waals surface area (Å²) in [4.78, 5) is 12.1. The lowest BCUT2D eigenvalue weighted by molar-refractivity contribution is -0.135. The third-order valence-electron chi connectivity index (χ3n) is 4.56. The Morgan fingerprint density at radius 2 is 1.86 bits per heavy atom. The van der Waals surface area contributed by atoms with Gasteiger partial charge in [-0.1, -0.05) is 30.3 Å². The highest BCUT2D eigenvalue weighted by Gasteiger charge is 2.27. The van der Waals surface area contributed by atoms with Crippen molar-refractivity contribution in [2.45, 2.75) is 43.7 Å². The van der Waals surface area contributed by atoms with Gasteiger partial charge in [0.25, 0.3) is 5.91 Å². The number of carbonyl (C=O) groups is 1. The molecular weight excluding hydrogens is 300 g/mol. The number of ether oxygens (including phenoxy) is 1. The topological polar surface area (TPSA) is 50.4 Å². The van der Waals surface area contributed by atoms with Gasteiger partial charge >= 0.3 is 0 Å². The summed E-state index contributed by atoms with van der Waals surface area (Å²) in [6, 6.07) is 11.0. The van der Waals surface area contributed by atoms with Crippen molar-refractivity contribution in [2.24, 2.45) is 0 Å². The summed E-state index contributed by atoms with van der Waals surface area (Å²) in [7, 11) is 0. The van der Waals surface area contributed by atoms with Crippen molar-refractivity contribution >= 4 is 18.3 Å². The Morgan fingerprint density at radius 1 is 1.14 bits per heavy atom. The van der Waals surface area contributed by atoms with Crippen molar-refractivity contribution in [1.82, 2.24) is 10.6 Å². The van der Waals surface area contributed by atoms with Crippen LogP contribution in [-0.2, 0) is 9.53 Å². The Bertz CT molecular complexity index is 455. The highest BCUT2D eigenvalue weighted by Crippen LogP contribution is 2.32. The van der Waals surface area contributed by atoms with Gasteiger partial charge in [0.2, 0.25) is 0 Å². The minimum Gasteiger partial charge on any atom is -0.366 e. The molecule has 1 atom stereocenters. The molecule has 0 radical (unpaired) electrons. The summed E-state index contributed by atoms with van der Waals surface area (Å²) in [5, 5.41) is 6.35. The van der Waals surface area contributed by atoms with Gasteiger partial charge in [-0.15, -0.1) is 12.4 Å². The van der Waals surface area contributed by atoms with E-state index in [0.717, 1.165) is 32.2 Å². The molecule has 0 bridgehead atoms. The molecule has 1 aromatic carbocycles. The van der Waals surface area contributed by atoms with E-state index in [4.69, 9.17) is 4.74 Å². The SMILES string of the molecule is Cl.O=C(NC1CCC(c2ccccc2)CC1)C1CNCCO1. The summed E-state index contributed by atoms with van der Waals surface area (Å²) in [5.74, 6) is 0.692. The lowest BCUT2D eigenvalue weighted by Gasteiger charge is -2.31. The molecule has 1 aliphatic carbocycles.